The third-order valence-corrected chi connectivity index (χ3v) is 6.43. The van der Waals surface area contributed by atoms with Crippen LogP contribution in [0.4, 0.5) is 10.1 Å². The molecule has 5 rings (SSSR count). The van der Waals surface area contributed by atoms with Crippen molar-refractivity contribution in [3.63, 3.8) is 0 Å². The summed E-state index contributed by atoms with van der Waals surface area (Å²) in [5.41, 5.74) is 2.45. The van der Waals surface area contributed by atoms with Crippen molar-refractivity contribution >= 4 is 23.2 Å². The SMILES string of the molecule is Cc1nn(Cc2ccccc2)c(Cl)c1C(=O)Nc1cc(-c2nnc3n2CCCCC3)ccc1F. The molecule has 1 aliphatic rings. The predicted molar refractivity (Wildman–Crippen MR) is 128 cm³/mol. The van der Waals surface area contributed by atoms with Gasteiger partial charge in [0, 0.05) is 18.5 Å². The molecule has 2 aromatic carbocycles. The average Bonchev–Trinajstić information content (AvgIpc) is 3.25. The third kappa shape index (κ3) is 4.33. The molecule has 1 aliphatic heterocycles. The number of carbonyl (C=O) groups is 1. The Morgan fingerprint density at radius 1 is 1.12 bits per heavy atom. The lowest BCUT2D eigenvalue weighted by molar-refractivity contribution is 0.102. The number of hydrogen-bond acceptors (Lipinski definition) is 4. The molecule has 0 fully saturated rings. The summed E-state index contributed by atoms with van der Waals surface area (Å²) >= 11 is 6.51. The first-order valence-corrected chi connectivity index (χ1v) is 11.7. The van der Waals surface area contributed by atoms with Crippen LogP contribution in [-0.2, 0) is 19.5 Å². The van der Waals surface area contributed by atoms with Gasteiger partial charge in [-0.25, -0.2) is 9.07 Å². The Morgan fingerprint density at radius 3 is 2.76 bits per heavy atom. The zero-order valence-corrected chi connectivity index (χ0v) is 19.5. The summed E-state index contributed by atoms with van der Waals surface area (Å²) in [7, 11) is 0. The molecule has 4 aromatic rings. The molecule has 0 atom stereocenters. The van der Waals surface area contributed by atoms with E-state index in [4.69, 9.17) is 11.6 Å². The van der Waals surface area contributed by atoms with Crippen LogP contribution in [-0.4, -0.2) is 30.5 Å². The Morgan fingerprint density at radius 2 is 1.94 bits per heavy atom. The lowest BCUT2D eigenvalue weighted by Crippen LogP contribution is -2.14. The van der Waals surface area contributed by atoms with E-state index in [0.29, 0.717) is 23.6 Å². The van der Waals surface area contributed by atoms with E-state index in [1.165, 1.54) is 6.07 Å². The number of fused-ring (bicyclic) bond motifs is 1. The maximum Gasteiger partial charge on any atom is 0.260 e. The van der Waals surface area contributed by atoms with Crippen LogP contribution in [0.15, 0.2) is 48.5 Å². The van der Waals surface area contributed by atoms with Gasteiger partial charge in [0.25, 0.3) is 5.91 Å². The van der Waals surface area contributed by atoms with Crippen LogP contribution >= 0.6 is 11.6 Å². The molecule has 2 aromatic heterocycles. The lowest BCUT2D eigenvalue weighted by Gasteiger charge is -2.10. The molecule has 174 valence electrons. The molecule has 0 aliphatic carbocycles. The van der Waals surface area contributed by atoms with E-state index in [1.807, 2.05) is 30.3 Å². The molecule has 1 N–H and O–H groups in total. The molecular formula is C25H24ClFN6O. The van der Waals surface area contributed by atoms with E-state index >= 15 is 0 Å². The molecule has 0 spiro atoms. The van der Waals surface area contributed by atoms with Crippen molar-refractivity contribution in [2.75, 3.05) is 5.32 Å². The molecule has 0 bridgehead atoms. The maximum absolute atomic E-state index is 14.7. The Kier molecular flexibility index (Phi) is 6.15. The van der Waals surface area contributed by atoms with Gasteiger partial charge >= 0.3 is 0 Å². The number of aromatic nitrogens is 5. The van der Waals surface area contributed by atoms with Gasteiger partial charge in [0.15, 0.2) is 5.82 Å². The van der Waals surface area contributed by atoms with Crippen LogP contribution in [0.5, 0.6) is 0 Å². The first kappa shape index (κ1) is 22.3. The van der Waals surface area contributed by atoms with E-state index < -0.39 is 11.7 Å². The largest absolute Gasteiger partial charge is 0.319 e. The Bertz CT molecular complexity index is 1350. The summed E-state index contributed by atoms with van der Waals surface area (Å²) in [4.78, 5) is 13.1. The summed E-state index contributed by atoms with van der Waals surface area (Å²) in [6, 6.07) is 14.3. The third-order valence-electron chi connectivity index (χ3n) is 6.05. The van der Waals surface area contributed by atoms with Crippen LogP contribution in [0.1, 0.15) is 46.7 Å². The second-order valence-corrected chi connectivity index (χ2v) is 8.80. The van der Waals surface area contributed by atoms with Crippen molar-refractivity contribution in [1.82, 2.24) is 24.5 Å². The molecule has 3 heterocycles. The number of halogens is 2. The highest BCUT2D eigenvalue weighted by Crippen LogP contribution is 2.28. The number of nitrogens with zero attached hydrogens (tertiary/aromatic N) is 5. The summed E-state index contributed by atoms with van der Waals surface area (Å²) in [5.74, 6) is 0.559. The standard InChI is InChI=1S/C25H24ClFN6O/c1-16-22(23(26)33(31-16)15-17-8-4-2-5-9-17)25(34)28-20-14-18(11-12-19(20)27)24-30-29-21-10-6-3-7-13-32(21)24/h2,4-5,8-9,11-12,14H,3,6-7,10,13,15H2,1H3,(H,28,34). The number of anilines is 1. The van der Waals surface area contributed by atoms with Gasteiger partial charge in [0.2, 0.25) is 0 Å². The minimum absolute atomic E-state index is 0.0553. The second kappa shape index (κ2) is 9.38. The number of carbonyl (C=O) groups excluding carboxylic acids is 1. The van der Waals surface area contributed by atoms with Gasteiger partial charge in [-0.1, -0.05) is 48.4 Å². The summed E-state index contributed by atoms with van der Waals surface area (Å²) in [6.45, 7) is 2.96. The van der Waals surface area contributed by atoms with Gasteiger partial charge in [-0.15, -0.1) is 10.2 Å². The van der Waals surface area contributed by atoms with Gasteiger partial charge < -0.3 is 9.88 Å². The van der Waals surface area contributed by atoms with Crippen LogP contribution in [0.3, 0.4) is 0 Å². The van der Waals surface area contributed by atoms with E-state index in [9.17, 15) is 9.18 Å². The molecule has 9 heteroatoms. The fourth-order valence-electron chi connectivity index (χ4n) is 4.32. The fraction of sp³-hybridized carbons (Fsp3) is 0.280. The smallest absolute Gasteiger partial charge is 0.260 e. The second-order valence-electron chi connectivity index (χ2n) is 8.45. The average molecular weight is 479 g/mol. The predicted octanol–water partition coefficient (Wildman–Crippen LogP) is 5.27. The lowest BCUT2D eigenvalue weighted by atomic mass is 10.1. The summed E-state index contributed by atoms with van der Waals surface area (Å²) in [5, 5.41) is 15.9. The highest BCUT2D eigenvalue weighted by molar-refractivity contribution is 6.33. The van der Waals surface area contributed by atoms with Crippen molar-refractivity contribution < 1.29 is 9.18 Å². The normalized spacial score (nSPS) is 13.4. The van der Waals surface area contributed by atoms with Crippen molar-refractivity contribution in [2.45, 2.75) is 45.7 Å². The molecule has 34 heavy (non-hydrogen) atoms. The minimum atomic E-state index is -0.543. The number of benzene rings is 2. The van der Waals surface area contributed by atoms with Crippen molar-refractivity contribution in [2.24, 2.45) is 0 Å². The van der Waals surface area contributed by atoms with E-state index in [0.717, 1.165) is 43.6 Å². The van der Waals surface area contributed by atoms with Gasteiger partial charge in [-0.3, -0.25) is 4.79 Å². The summed E-state index contributed by atoms with van der Waals surface area (Å²) in [6.07, 6.45) is 4.16. The van der Waals surface area contributed by atoms with Crippen LogP contribution in [0, 0.1) is 12.7 Å². The number of hydrogen-bond donors (Lipinski definition) is 1. The summed E-state index contributed by atoms with van der Waals surface area (Å²) < 4.78 is 18.3. The van der Waals surface area contributed by atoms with Gasteiger partial charge in [-0.05, 0) is 43.5 Å². The molecule has 0 saturated carbocycles. The van der Waals surface area contributed by atoms with Gasteiger partial charge in [0.1, 0.15) is 16.8 Å². The maximum atomic E-state index is 14.7. The van der Waals surface area contributed by atoms with Crippen LogP contribution in [0.2, 0.25) is 5.15 Å². The molecular weight excluding hydrogens is 455 g/mol. The van der Waals surface area contributed by atoms with E-state index in [1.54, 1.807) is 23.7 Å². The fourth-order valence-corrected chi connectivity index (χ4v) is 4.64. The first-order valence-electron chi connectivity index (χ1n) is 11.3. The molecule has 0 radical (unpaired) electrons. The number of amides is 1. The number of aryl methyl sites for hydroxylation is 2. The highest BCUT2D eigenvalue weighted by atomic mass is 35.5. The molecule has 0 unspecified atom stereocenters. The van der Waals surface area contributed by atoms with Crippen molar-refractivity contribution in [3.8, 4) is 11.4 Å². The van der Waals surface area contributed by atoms with Crippen molar-refractivity contribution in [1.29, 1.82) is 0 Å². The zero-order valence-electron chi connectivity index (χ0n) is 18.8. The van der Waals surface area contributed by atoms with E-state index in [-0.39, 0.29) is 16.4 Å². The molecule has 1 amide bonds. The van der Waals surface area contributed by atoms with Gasteiger partial charge in [0.05, 0.1) is 23.5 Å². The Balaban J connectivity index is 1.41. The molecule has 7 nitrogen and oxygen atoms in total. The first-order chi connectivity index (χ1) is 16.5. The number of rotatable bonds is 5. The quantitative estimate of drug-likeness (QED) is 0.424. The van der Waals surface area contributed by atoms with E-state index in [2.05, 4.69) is 25.2 Å². The Hall–Kier alpha value is -3.52. The van der Waals surface area contributed by atoms with Crippen molar-refractivity contribution in [3.05, 3.63) is 82.1 Å². The van der Waals surface area contributed by atoms with Crippen LogP contribution in [0.25, 0.3) is 11.4 Å². The molecule has 0 saturated heterocycles. The zero-order chi connectivity index (χ0) is 23.7. The van der Waals surface area contributed by atoms with Crippen LogP contribution < -0.4 is 5.32 Å². The number of nitrogens with one attached hydrogen (secondary N) is 1. The Labute approximate surface area is 201 Å². The highest BCUT2D eigenvalue weighted by Gasteiger charge is 2.23. The topological polar surface area (TPSA) is 77.6 Å². The van der Waals surface area contributed by atoms with Gasteiger partial charge in [-0.2, -0.15) is 5.10 Å². The minimum Gasteiger partial charge on any atom is -0.319 e. The monoisotopic (exact) mass is 478 g/mol.